The fourth-order valence-corrected chi connectivity index (χ4v) is 4.35. The predicted octanol–water partition coefficient (Wildman–Crippen LogP) is 5.95. The second-order valence-electron chi connectivity index (χ2n) is 9.12. The largest absolute Gasteiger partial charge is 0.393 e. The van der Waals surface area contributed by atoms with Crippen LogP contribution in [0.25, 0.3) is 0 Å². The summed E-state index contributed by atoms with van der Waals surface area (Å²) in [7, 11) is 0. The van der Waals surface area contributed by atoms with Crippen molar-refractivity contribution < 1.29 is 15.3 Å². The first kappa shape index (κ1) is 26.1. The molecular formula is C26H46O3. The molecular weight excluding hydrogens is 360 g/mol. The topological polar surface area (TPSA) is 60.7 Å². The minimum Gasteiger partial charge on any atom is -0.393 e. The third kappa shape index (κ3) is 10.1. The summed E-state index contributed by atoms with van der Waals surface area (Å²) in [4.78, 5) is 0. The van der Waals surface area contributed by atoms with Gasteiger partial charge in [0.25, 0.3) is 0 Å². The van der Waals surface area contributed by atoms with Gasteiger partial charge < -0.3 is 15.3 Å². The van der Waals surface area contributed by atoms with Crippen LogP contribution in [0, 0.1) is 17.8 Å². The second kappa shape index (κ2) is 15.0. The summed E-state index contributed by atoms with van der Waals surface area (Å²) in [5, 5.41) is 29.2. The van der Waals surface area contributed by atoms with Crippen LogP contribution in [0.2, 0.25) is 0 Å². The molecule has 29 heavy (non-hydrogen) atoms. The fourth-order valence-electron chi connectivity index (χ4n) is 4.35. The Balaban J connectivity index is 2.27. The van der Waals surface area contributed by atoms with Crippen LogP contribution in [-0.2, 0) is 0 Å². The van der Waals surface area contributed by atoms with Crippen molar-refractivity contribution in [2.24, 2.45) is 17.8 Å². The number of rotatable bonds is 16. The van der Waals surface area contributed by atoms with Gasteiger partial charge in [0, 0.05) is 0 Å². The molecule has 3 nitrogen and oxygen atoms in total. The van der Waals surface area contributed by atoms with Gasteiger partial charge in [-0.15, -0.1) is 6.58 Å². The maximum absolute atomic E-state index is 10.0. The molecule has 168 valence electrons. The molecule has 1 rings (SSSR count). The monoisotopic (exact) mass is 406 g/mol. The zero-order valence-electron chi connectivity index (χ0n) is 18.9. The van der Waals surface area contributed by atoms with Gasteiger partial charge in [-0.3, -0.25) is 0 Å². The highest BCUT2D eigenvalue weighted by Gasteiger charge is 2.30. The maximum atomic E-state index is 10.0. The molecule has 1 fully saturated rings. The lowest BCUT2D eigenvalue weighted by Gasteiger charge is -2.27. The van der Waals surface area contributed by atoms with E-state index in [-0.39, 0.29) is 0 Å². The Morgan fingerprint density at radius 2 is 1.83 bits per heavy atom. The third-order valence-corrected chi connectivity index (χ3v) is 6.62. The Labute approximate surface area is 179 Å². The van der Waals surface area contributed by atoms with Crippen molar-refractivity contribution in [1.82, 2.24) is 0 Å². The lowest BCUT2D eigenvalue weighted by molar-refractivity contribution is -0.0731. The minimum absolute atomic E-state index is 0.421. The molecule has 0 aromatic heterocycles. The number of hydrogen-bond acceptors (Lipinski definition) is 3. The Kier molecular flexibility index (Phi) is 13.5. The molecule has 3 N–H and O–H groups in total. The van der Waals surface area contributed by atoms with Crippen LogP contribution in [0.15, 0.2) is 37.0 Å². The molecule has 5 atom stereocenters. The van der Waals surface area contributed by atoms with Crippen LogP contribution >= 0.6 is 0 Å². The highest BCUT2D eigenvalue weighted by Crippen LogP contribution is 2.35. The zero-order valence-corrected chi connectivity index (χ0v) is 18.9. The zero-order chi connectivity index (χ0) is 21.5. The highest BCUT2D eigenvalue weighted by molar-refractivity contribution is 5.02. The van der Waals surface area contributed by atoms with E-state index < -0.39 is 18.3 Å². The van der Waals surface area contributed by atoms with Crippen molar-refractivity contribution in [2.45, 2.75) is 103 Å². The van der Waals surface area contributed by atoms with Gasteiger partial charge in [0.2, 0.25) is 0 Å². The van der Waals surface area contributed by atoms with E-state index in [1.165, 1.54) is 63.9 Å². The normalized spacial score (nSPS) is 24.2. The molecule has 3 heteroatoms. The van der Waals surface area contributed by atoms with Crippen LogP contribution in [0.1, 0.15) is 90.9 Å². The average Bonchev–Trinajstić information content (AvgIpc) is 3.17. The Bertz CT molecular complexity index is 484. The minimum atomic E-state index is -1.59. The van der Waals surface area contributed by atoms with E-state index in [2.05, 4.69) is 44.7 Å². The van der Waals surface area contributed by atoms with E-state index in [9.17, 15) is 15.3 Å². The summed E-state index contributed by atoms with van der Waals surface area (Å²) in [6, 6.07) is 0. The lowest BCUT2D eigenvalue weighted by atomic mass is 9.91. The van der Waals surface area contributed by atoms with Crippen LogP contribution < -0.4 is 0 Å². The van der Waals surface area contributed by atoms with Crippen LogP contribution in [-0.4, -0.2) is 33.6 Å². The number of aliphatic hydroxyl groups excluding tert-OH is 2. The summed E-state index contributed by atoms with van der Waals surface area (Å²) in [6.07, 6.45) is 23.5. The molecule has 0 heterocycles. The molecule has 0 aliphatic heterocycles. The van der Waals surface area contributed by atoms with Gasteiger partial charge in [-0.25, -0.2) is 0 Å². The molecule has 1 aliphatic rings. The van der Waals surface area contributed by atoms with E-state index in [1.54, 1.807) is 0 Å². The van der Waals surface area contributed by atoms with Crippen molar-refractivity contribution in [3.05, 3.63) is 37.0 Å². The fraction of sp³-hybridized carbons (Fsp3) is 0.769. The van der Waals surface area contributed by atoms with Gasteiger partial charge in [0.15, 0.2) is 0 Å². The molecule has 3 unspecified atom stereocenters. The molecule has 0 spiro atoms. The smallest absolute Gasteiger partial charge is 0.131 e. The summed E-state index contributed by atoms with van der Waals surface area (Å²) in [6.45, 7) is 7.64. The van der Waals surface area contributed by atoms with Crippen molar-refractivity contribution >= 4 is 0 Å². The molecule has 0 saturated heterocycles. The standard InChI is InChI=1S/C26H46O3/c1-4-6-8-14-22(3)15-11-12-17-24-19-13-18-23(24)16-9-7-10-20-25(28)26(29,5-2)21-27/h5,7,9,12,17,22-25,27-29H,2,4,6,8,10-11,13-16,18-21H2,1,3H3/b9-7-,17-12+/t22?,23-,24-,25?,26?/m0/s1. The molecule has 0 aromatic rings. The third-order valence-electron chi connectivity index (χ3n) is 6.62. The molecule has 1 saturated carbocycles. The SMILES string of the molecule is C=CC(O)(CO)C(O)CC/C=C\C[C@H]1CCC[C@@H]1/C=C/CCC(C)CCCCC. The van der Waals surface area contributed by atoms with Crippen LogP contribution in [0.5, 0.6) is 0 Å². The van der Waals surface area contributed by atoms with Crippen LogP contribution in [0.4, 0.5) is 0 Å². The summed E-state index contributed by atoms with van der Waals surface area (Å²) in [5.74, 6) is 2.28. The number of unbranched alkanes of at least 4 members (excludes halogenated alkanes) is 2. The molecule has 0 radical (unpaired) electrons. The Morgan fingerprint density at radius 3 is 2.52 bits per heavy atom. The van der Waals surface area contributed by atoms with E-state index in [0.717, 1.165) is 18.3 Å². The van der Waals surface area contributed by atoms with Gasteiger partial charge in [-0.2, -0.15) is 0 Å². The van der Waals surface area contributed by atoms with Gasteiger partial charge in [-0.1, -0.05) is 76.3 Å². The summed E-state index contributed by atoms with van der Waals surface area (Å²) >= 11 is 0. The summed E-state index contributed by atoms with van der Waals surface area (Å²) < 4.78 is 0. The number of allylic oxidation sites excluding steroid dienone is 4. The van der Waals surface area contributed by atoms with Gasteiger partial charge in [-0.05, 0) is 62.7 Å². The first-order valence-corrected chi connectivity index (χ1v) is 11.9. The van der Waals surface area contributed by atoms with Crippen molar-refractivity contribution in [3.63, 3.8) is 0 Å². The number of aliphatic hydroxyl groups is 3. The lowest BCUT2D eigenvalue weighted by Crippen LogP contribution is -2.43. The quantitative estimate of drug-likeness (QED) is 0.219. The predicted molar refractivity (Wildman–Crippen MR) is 124 cm³/mol. The highest BCUT2D eigenvalue weighted by atomic mass is 16.4. The van der Waals surface area contributed by atoms with Crippen molar-refractivity contribution in [1.29, 1.82) is 0 Å². The Morgan fingerprint density at radius 1 is 1.07 bits per heavy atom. The van der Waals surface area contributed by atoms with Gasteiger partial charge >= 0.3 is 0 Å². The van der Waals surface area contributed by atoms with Gasteiger partial charge in [0.1, 0.15) is 5.60 Å². The number of hydrogen-bond donors (Lipinski definition) is 3. The maximum Gasteiger partial charge on any atom is 0.131 e. The first-order chi connectivity index (χ1) is 14.0. The molecule has 0 aromatic carbocycles. The van der Waals surface area contributed by atoms with E-state index in [4.69, 9.17) is 0 Å². The summed E-state index contributed by atoms with van der Waals surface area (Å²) in [5.41, 5.74) is -1.59. The average molecular weight is 407 g/mol. The van der Waals surface area contributed by atoms with Crippen molar-refractivity contribution in [3.8, 4) is 0 Å². The van der Waals surface area contributed by atoms with E-state index in [1.807, 2.05) is 0 Å². The van der Waals surface area contributed by atoms with Crippen molar-refractivity contribution in [2.75, 3.05) is 6.61 Å². The first-order valence-electron chi connectivity index (χ1n) is 11.9. The molecule has 0 bridgehead atoms. The van der Waals surface area contributed by atoms with E-state index in [0.29, 0.717) is 18.8 Å². The molecule has 0 amide bonds. The molecule has 1 aliphatic carbocycles. The Hall–Kier alpha value is -0.900. The van der Waals surface area contributed by atoms with Gasteiger partial charge in [0.05, 0.1) is 12.7 Å². The van der Waals surface area contributed by atoms with E-state index >= 15 is 0 Å². The van der Waals surface area contributed by atoms with Crippen LogP contribution in [0.3, 0.4) is 0 Å². The second-order valence-corrected chi connectivity index (χ2v) is 9.12.